The molecule has 2 heteroatoms. The summed E-state index contributed by atoms with van der Waals surface area (Å²) in [5.74, 6) is 0. The first-order chi connectivity index (χ1) is 5.67. The highest BCUT2D eigenvalue weighted by Crippen LogP contribution is 2.16. The van der Waals surface area contributed by atoms with Gasteiger partial charge in [-0.2, -0.15) is 0 Å². The van der Waals surface area contributed by atoms with E-state index in [1.165, 1.54) is 25.9 Å². The standard InChI is InChI=1S/C10H22N2/c1-4-5-7-12-8-6-11-9-10(12,2)3/h11H,4-9H2,1-3H3. The van der Waals surface area contributed by atoms with Crippen molar-refractivity contribution in [2.24, 2.45) is 0 Å². The molecular formula is C10H22N2. The van der Waals surface area contributed by atoms with Gasteiger partial charge in [0.25, 0.3) is 0 Å². The van der Waals surface area contributed by atoms with Crippen LogP contribution in [0.5, 0.6) is 0 Å². The van der Waals surface area contributed by atoms with Crippen LogP contribution in [-0.4, -0.2) is 36.6 Å². The molecule has 1 rings (SSSR count). The molecule has 0 spiro atoms. The summed E-state index contributed by atoms with van der Waals surface area (Å²) in [6.07, 6.45) is 2.64. The normalized spacial score (nSPS) is 24.2. The molecule has 1 fully saturated rings. The van der Waals surface area contributed by atoms with E-state index in [0.717, 1.165) is 13.1 Å². The maximum Gasteiger partial charge on any atom is 0.0278 e. The lowest BCUT2D eigenvalue weighted by Gasteiger charge is -2.42. The van der Waals surface area contributed by atoms with Crippen LogP contribution < -0.4 is 5.32 Å². The van der Waals surface area contributed by atoms with Crippen LogP contribution in [0.25, 0.3) is 0 Å². The smallest absolute Gasteiger partial charge is 0.0278 e. The molecule has 0 aromatic rings. The van der Waals surface area contributed by atoms with Gasteiger partial charge in [0.15, 0.2) is 0 Å². The van der Waals surface area contributed by atoms with Crippen LogP contribution in [0.4, 0.5) is 0 Å². The molecule has 0 bridgehead atoms. The van der Waals surface area contributed by atoms with Gasteiger partial charge >= 0.3 is 0 Å². The average molecular weight is 170 g/mol. The Kier molecular flexibility index (Phi) is 3.53. The predicted octanol–water partition coefficient (Wildman–Crippen LogP) is 1.47. The molecule has 0 amide bonds. The van der Waals surface area contributed by atoms with Gasteiger partial charge in [0.2, 0.25) is 0 Å². The predicted molar refractivity (Wildman–Crippen MR) is 53.4 cm³/mol. The fourth-order valence-electron chi connectivity index (χ4n) is 1.79. The van der Waals surface area contributed by atoms with Gasteiger partial charge in [-0.15, -0.1) is 0 Å². The van der Waals surface area contributed by atoms with Crippen molar-refractivity contribution in [1.29, 1.82) is 0 Å². The Morgan fingerprint density at radius 3 is 2.75 bits per heavy atom. The fraction of sp³-hybridized carbons (Fsp3) is 1.00. The van der Waals surface area contributed by atoms with E-state index >= 15 is 0 Å². The Hall–Kier alpha value is -0.0800. The Balaban J connectivity index is 2.37. The third-order valence-electron chi connectivity index (χ3n) is 2.75. The molecule has 0 radical (unpaired) electrons. The van der Waals surface area contributed by atoms with Gasteiger partial charge in [0.1, 0.15) is 0 Å². The van der Waals surface area contributed by atoms with Crippen molar-refractivity contribution in [1.82, 2.24) is 10.2 Å². The SMILES string of the molecule is CCCCN1CCNCC1(C)C. The molecule has 0 unspecified atom stereocenters. The van der Waals surface area contributed by atoms with Crippen LogP contribution in [0.15, 0.2) is 0 Å². The van der Waals surface area contributed by atoms with Gasteiger partial charge in [0, 0.05) is 25.2 Å². The minimum Gasteiger partial charge on any atom is -0.314 e. The number of rotatable bonds is 3. The molecule has 0 saturated carbocycles. The summed E-state index contributed by atoms with van der Waals surface area (Å²) in [4.78, 5) is 2.60. The molecule has 72 valence electrons. The van der Waals surface area contributed by atoms with Crippen LogP contribution in [0.1, 0.15) is 33.6 Å². The second-order valence-electron chi connectivity index (χ2n) is 4.33. The number of hydrogen-bond acceptors (Lipinski definition) is 2. The minimum absolute atomic E-state index is 0.368. The average Bonchev–Trinajstić information content (AvgIpc) is 2.02. The summed E-state index contributed by atoms with van der Waals surface area (Å²) < 4.78 is 0. The van der Waals surface area contributed by atoms with Gasteiger partial charge in [-0.3, -0.25) is 4.90 Å². The van der Waals surface area contributed by atoms with Crippen molar-refractivity contribution < 1.29 is 0 Å². The monoisotopic (exact) mass is 170 g/mol. The zero-order chi connectivity index (χ0) is 9.03. The molecular weight excluding hydrogens is 148 g/mol. The van der Waals surface area contributed by atoms with E-state index in [-0.39, 0.29) is 0 Å². The maximum atomic E-state index is 3.44. The largest absolute Gasteiger partial charge is 0.314 e. The van der Waals surface area contributed by atoms with Crippen LogP contribution in [0.3, 0.4) is 0 Å². The quantitative estimate of drug-likeness (QED) is 0.690. The molecule has 0 atom stereocenters. The third kappa shape index (κ3) is 2.46. The molecule has 0 aromatic heterocycles. The van der Waals surface area contributed by atoms with Crippen LogP contribution in [-0.2, 0) is 0 Å². The lowest BCUT2D eigenvalue weighted by molar-refractivity contribution is 0.0892. The van der Waals surface area contributed by atoms with E-state index in [0.29, 0.717) is 5.54 Å². The van der Waals surface area contributed by atoms with Gasteiger partial charge in [0.05, 0.1) is 0 Å². The Morgan fingerprint density at radius 2 is 2.17 bits per heavy atom. The van der Waals surface area contributed by atoms with Gasteiger partial charge in [-0.25, -0.2) is 0 Å². The van der Waals surface area contributed by atoms with E-state index in [1.807, 2.05) is 0 Å². The van der Waals surface area contributed by atoms with E-state index in [1.54, 1.807) is 0 Å². The number of piperazine rings is 1. The molecule has 1 N–H and O–H groups in total. The molecule has 1 aliphatic rings. The third-order valence-corrected chi connectivity index (χ3v) is 2.75. The molecule has 0 aromatic carbocycles. The fourth-order valence-corrected chi connectivity index (χ4v) is 1.79. The summed E-state index contributed by atoms with van der Waals surface area (Å²) in [5, 5.41) is 3.44. The van der Waals surface area contributed by atoms with Crippen molar-refractivity contribution in [3.8, 4) is 0 Å². The summed E-state index contributed by atoms with van der Waals surface area (Å²) in [5.41, 5.74) is 0.368. The molecule has 1 saturated heterocycles. The van der Waals surface area contributed by atoms with E-state index in [4.69, 9.17) is 0 Å². The number of nitrogens with one attached hydrogen (secondary N) is 1. The number of nitrogens with zero attached hydrogens (tertiary/aromatic N) is 1. The summed E-state index contributed by atoms with van der Waals surface area (Å²) in [6, 6.07) is 0. The Morgan fingerprint density at radius 1 is 1.42 bits per heavy atom. The van der Waals surface area contributed by atoms with Gasteiger partial charge in [-0.05, 0) is 26.8 Å². The van der Waals surface area contributed by atoms with Crippen molar-refractivity contribution in [3.05, 3.63) is 0 Å². The van der Waals surface area contributed by atoms with Crippen LogP contribution >= 0.6 is 0 Å². The molecule has 2 nitrogen and oxygen atoms in total. The summed E-state index contributed by atoms with van der Waals surface area (Å²) >= 11 is 0. The first-order valence-electron chi connectivity index (χ1n) is 5.12. The second kappa shape index (κ2) is 4.24. The van der Waals surface area contributed by atoms with Crippen molar-refractivity contribution >= 4 is 0 Å². The first-order valence-corrected chi connectivity index (χ1v) is 5.12. The molecule has 12 heavy (non-hydrogen) atoms. The van der Waals surface area contributed by atoms with Crippen LogP contribution in [0, 0.1) is 0 Å². The minimum atomic E-state index is 0.368. The zero-order valence-electron chi connectivity index (χ0n) is 8.69. The maximum absolute atomic E-state index is 3.44. The number of hydrogen-bond donors (Lipinski definition) is 1. The highest BCUT2D eigenvalue weighted by molar-refractivity contribution is 4.87. The molecule has 1 heterocycles. The highest BCUT2D eigenvalue weighted by atomic mass is 15.2. The summed E-state index contributed by atoms with van der Waals surface area (Å²) in [7, 11) is 0. The second-order valence-corrected chi connectivity index (χ2v) is 4.33. The van der Waals surface area contributed by atoms with Gasteiger partial charge < -0.3 is 5.32 Å². The molecule has 1 aliphatic heterocycles. The van der Waals surface area contributed by atoms with Crippen molar-refractivity contribution in [2.75, 3.05) is 26.2 Å². The van der Waals surface area contributed by atoms with Crippen molar-refractivity contribution in [3.63, 3.8) is 0 Å². The lowest BCUT2D eigenvalue weighted by Crippen LogP contribution is -2.57. The zero-order valence-corrected chi connectivity index (χ0v) is 8.69. The van der Waals surface area contributed by atoms with Crippen molar-refractivity contribution in [2.45, 2.75) is 39.2 Å². The number of unbranched alkanes of at least 4 members (excludes halogenated alkanes) is 1. The first kappa shape index (κ1) is 10.0. The lowest BCUT2D eigenvalue weighted by atomic mass is 10.00. The summed E-state index contributed by atoms with van der Waals surface area (Å²) in [6.45, 7) is 11.7. The van der Waals surface area contributed by atoms with Gasteiger partial charge in [-0.1, -0.05) is 13.3 Å². The highest BCUT2D eigenvalue weighted by Gasteiger charge is 2.28. The van der Waals surface area contributed by atoms with E-state index < -0.39 is 0 Å². The van der Waals surface area contributed by atoms with Crippen LogP contribution in [0.2, 0.25) is 0 Å². The van der Waals surface area contributed by atoms with E-state index in [2.05, 4.69) is 31.0 Å². The molecule has 0 aliphatic carbocycles. The topological polar surface area (TPSA) is 15.3 Å². The Bertz CT molecular complexity index is 132. The Labute approximate surface area is 76.3 Å². The van der Waals surface area contributed by atoms with E-state index in [9.17, 15) is 0 Å².